The van der Waals surface area contributed by atoms with Crippen LogP contribution in [0.5, 0.6) is 0 Å². The monoisotopic (exact) mass is 188 g/mol. The molecule has 0 heterocycles. The minimum Gasteiger partial charge on any atom is -0.328 e. The van der Waals surface area contributed by atoms with E-state index in [0.29, 0.717) is 11.9 Å². The van der Waals surface area contributed by atoms with Crippen molar-refractivity contribution in [3.63, 3.8) is 0 Å². The van der Waals surface area contributed by atoms with Gasteiger partial charge in [-0.3, -0.25) is 0 Å². The molecule has 2 N–H and O–H groups in total. The van der Waals surface area contributed by atoms with Crippen LogP contribution in [0.25, 0.3) is 0 Å². The molecule has 0 bridgehead atoms. The van der Waals surface area contributed by atoms with E-state index in [4.69, 9.17) is 9.79 Å². The van der Waals surface area contributed by atoms with Gasteiger partial charge in [0.05, 0.1) is 6.61 Å². The fourth-order valence-corrected chi connectivity index (χ4v) is 0.783. The minimum absolute atomic E-state index is 0.346. The molecule has 0 rings (SSSR count). The van der Waals surface area contributed by atoms with Crippen molar-refractivity contribution in [3.05, 3.63) is 0 Å². The van der Waals surface area contributed by atoms with Crippen LogP contribution in [-0.2, 0) is 4.52 Å². The van der Waals surface area contributed by atoms with E-state index in [0.717, 1.165) is 0 Å². The highest BCUT2D eigenvalue weighted by molar-refractivity contribution is 9.09. The third-order valence-corrected chi connectivity index (χ3v) is 1.02. The van der Waals surface area contributed by atoms with Crippen molar-refractivity contribution in [2.45, 2.75) is 0 Å². The first-order valence-corrected chi connectivity index (χ1v) is 3.93. The van der Waals surface area contributed by atoms with Crippen LogP contribution < -0.4 is 0 Å². The molecule has 0 fully saturated rings. The zero-order valence-corrected chi connectivity index (χ0v) is 6.02. The largest absolute Gasteiger partial charge is 0.328 e. The van der Waals surface area contributed by atoms with Crippen LogP contribution in [0.2, 0.25) is 0 Å². The summed E-state index contributed by atoms with van der Waals surface area (Å²) in [4.78, 5) is 16.1. The average Bonchev–Trinajstić information content (AvgIpc) is 1.61. The number of hydrogen-bond donors (Lipinski definition) is 2. The number of hydrogen-bond acceptors (Lipinski definition) is 3. The molecule has 5 heteroatoms. The Kier molecular flexibility index (Phi) is 5.49. The van der Waals surface area contributed by atoms with Crippen molar-refractivity contribution < 1.29 is 14.3 Å². The second-order valence-corrected chi connectivity index (χ2v) is 2.33. The van der Waals surface area contributed by atoms with Gasteiger partial charge in [0.1, 0.15) is 0 Å². The van der Waals surface area contributed by atoms with Gasteiger partial charge in [-0.15, -0.1) is 0 Å². The zero-order valence-electron chi connectivity index (χ0n) is 3.54. The number of halogens is 1. The van der Waals surface area contributed by atoms with Crippen LogP contribution in [0.1, 0.15) is 0 Å². The third kappa shape index (κ3) is 6.79. The van der Waals surface area contributed by atoms with Gasteiger partial charge in [0.15, 0.2) is 0 Å². The van der Waals surface area contributed by atoms with E-state index in [1.807, 2.05) is 0 Å². The molecule has 3 nitrogen and oxygen atoms in total. The predicted molar refractivity (Wildman–Crippen MR) is 31.1 cm³/mol. The van der Waals surface area contributed by atoms with E-state index in [-0.39, 0.29) is 0 Å². The summed E-state index contributed by atoms with van der Waals surface area (Å²) in [5.41, 5.74) is 0. The Hall–Kier alpha value is 0.790. The molecule has 0 aliphatic rings. The Balaban J connectivity index is 2.68. The van der Waals surface area contributed by atoms with E-state index in [1.165, 1.54) is 0 Å². The molecule has 0 saturated carbocycles. The van der Waals surface area contributed by atoms with Crippen LogP contribution in [0, 0.1) is 0 Å². The molecule has 44 valence electrons. The molecule has 7 heavy (non-hydrogen) atoms. The summed E-state index contributed by atoms with van der Waals surface area (Å²) in [6.45, 7) is 0.346. The van der Waals surface area contributed by atoms with E-state index in [9.17, 15) is 0 Å². The maximum Gasteiger partial charge on any atom is 0.327 e. The maximum atomic E-state index is 8.06. The van der Waals surface area contributed by atoms with E-state index in [1.54, 1.807) is 0 Å². The Morgan fingerprint density at radius 3 is 2.29 bits per heavy atom. The minimum atomic E-state index is -2.14. The van der Waals surface area contributed by atoms with Crippen molar-refractivity contribution in [3.8, 4) is 0 Å². The summed E-state index contributed by atoms with van der Waals surface area (Å²) in [6.07, 6.45) is 0. The Labute approximate surface area is 51.4 Å². The number of alkyl halides is 1. The van der Waals surface area contributed by atoms with Crippen LogP contribution in [0.3, 0.4) is 0 Å². The lowest BCUT2D eigenvalue weighted by Crippen LogP contribution is -1.87. The van der Waals surface area contributed by atoms with Crippen LogP contribution in [-0.4, -0.2) is 21.7 Å². The molecule has 0 aromatic rings. The first-order chi connectivity index (χ1) is 3.27. The van der Waals surface area contributed by atoms with Crippen LogP contribution >= 0.6 is 24.5 Å². The topological polar surface area (TPSA) is 49.7 Å². The van der Waals surface area contributed by atoms with Crippen molar-refractivity contribution in [1.29, 1.82) is 0 Å². The molecular weight excluding hydrogens is 183 g/mol. The van der Waals surface area contributed by atoms with Gasteiger partial charge in [0.25, 0.3) is 0 Å². The Morgan fingerprint density at radius 1 is 1.57 bits per heavy atom. The standard InChI is InChI=1S/C2H6BrO3P/c3-1-2-6-7(4)5/h4-5H,1-2H2. The normalized spacial score (nSPS) is 10.3. The highest BCUT2D eigenvalue weighted by atomic mass is 79.9. The third-order valence-electron chi connectivity index (χ3n) is 0.284. The van der Waals surface area contributed by atoms with E-state index in [2.05, 4.69) is 20.5 Å². The van der Waals surface area contributed by atoms with E-state index >= 15 is 0 Å². The first-order valence-electron chi connectivity index (χ1n) is 1.64. The summed E-state index contributed by atoms with van der Waals surface area (Å²) in [5.74, 6) is 0. The summed E-state index contributed by atoms with van der Waals surface area (Å²) < 4.78 is 4.32. The van der Waals surface area contributed by atoms with Gasteiger partial charge in [-0.2, -0.15) is 0 Å². The molecule has 0 aromatic heterocycles. The second kappa shape index (κ2) is 4.94. The zero-order chi connectivity index (χ0) is 5.70. The van der Waals surface area contributed by atoms with Gasteiger partial charge in [0.2, 0.25) is 0 Å². The molecule has 0 radical (unpaired) electrons. The van der Waals surface area contributed by atoms with Crippen molar-refractivity contribution in [2.24, 2.45) is 0 Å². The lowest BCUT2D eigenvalue weighted by atomic mass is 10.9. The summed E-state index contributed by atoms with van der Waals surface area (Å²) in [5, 5.41) is 0.632. The fourth-order valence-electron chi connectivity index (χ4n) is 0.116. The van der Waals surface area contributed by atoms with Gasteiger partial charge >= 0.3 is 8.60 Å². The molecule has 0 unspecified atom stereocenters. The molecule has 0 amide bonds. The van der Waals surface area contributed by atoms with Crippen molar-refractivity contribution in [1.82, 2.24) is 0 Å². The van der Waals surface area contributed by atoms with Crippen molar-refractivity contribution in [2.75, 3.05) is 11.9 Å². The smallest absolute Gasteiger partial charge is 0.327 e. The van der Waals surface area contributed by atoms with Crippen LogP contribution in [0.15, 0.2) is 0 Å². The predicted octanol–water partition coefficient (Wildman–Crippen LogP) is 0.609. The average molecular weight is 189 g/mol. The fraction of sp³-hybridized carbons (Fsp3) is 1.00. The SMILES string of the molecule is OP(O)OCCBr. The molecule has 0 atom stereocenters. The molecule has 0 aliphatic heterocycles. The van der Waals surface area contributed by atoms with Crippen molar-refractivity contribution >= 4 is 24.5 Å². The van der Waals surface area contributed by atoms with Gasteiger partial charge < -0.3 is 14.3 Å². The lowest BCUT2D eigenvalue weighted by molar-refractivity contribution is 0.272. The molecular formula is C2H6BrO3P. The van der Waals surface area contributed by atoms with Gasteiger partial charge in [-0.1, -0.05) is 15.9 Å². The van der Waals surface area contributed by atoms with Gasteiger partial charge in [0, 0.05) is 5.33 Å². The maximum absolute atomic E-state index is 8.06. The molecule has 0 aliphatic carbocycles. The second-order valence-electron chi connectivity index (χ2n) is 0.775. The number of rotatable bonds is 3. The van der Waals surface area contributed by atoms with Crippen LogP contribution in [0.4, 0.5) is 0 Å². The quantitative estimate of drug-likeness (QED) is 0.505. The Bertz CT molecular complexity index is 41.9. The lowest BCUT2D eigenvalue weighted by Gasteiger charge is -1.97. The summed E-state index contributed by atoms with van der Waals surface area (Å²) >= 11 is 3.04. The van der Waals surface area contributed by atoms with E-state index < -0.39 is 8.60 Å². The molecule has 0 spiro atoms. The molecule has 0 saturated heterocycles. The highest BCUT2D eigenvalue weighted by Crippen LogP contribution is 2.23. The highest BCUT2D eigenvalue weighted by Gasteiger charge is 1.94. The Morgan fingerprint density at radius 2 is 2.14 bits per heavy atom. The first kappa shape index (κ1) is 7.79. The summed E-state index contributed by atoms with van der Waals surface area (Å²) in [7, 11) is -2.14. The molecule has 0 aromatic carbocycles. The van der Waals surface area contributed by atoms with Gasteiger partial charge in [-0.05, 0) is 0 Å². The van der Waals surface area contributed by atoms with Gasteiger partial charge in [-0.25, -0.2) is 0 Å². The summed E-state index contributed by atoms with van der Waals surface area (Å²) in [6, 6.07) is 0.